The summed E-state index contributed by atoms with van der Waals surface area (Å²) in [5.74, 6) is 1.01. The number of rotatable bonds is 2. The van der Waals surface area contributed by atoms with E-state index in [9.17, 15) is 4.79 Å². The maximum atomic E-state index is 11.8. The number of carbonyl (C=O) groups excluding carboxylic acids is 1. The fourth-order valence-electron chi connectivity index (χ4n) is 2.17. The SMILES string of the molecule is CCNC(=O)N1CCSC(c2ccccc2)CC1. The number of urea groups is 1. The van der Waals surface area contributed by atoms with Crippen molar-refractivity contribution in [3.05, 3.63) is 35.9 Å². The van der Waals surface area contributed by atoms with E-state index in [4.69, 9.17) is 0 Å². The second-order valence-corrected chi connectivity index (χ2v) is 5.69. The average molecular weight is 264 g/mol. The molecule has 1 N–H and O–H groups in total. The van der Waals surface area contributed by atoms with Gasteiger partial charge in [-0.3, -0.25) is 0 Å². The van der Waals surface area contributed by atoms with Gasteiger partial charge in [0.2, 0.25) is 0 Å². The second-order valence-electron chi connectivity index (χ2n) is 4.38. The molecule has 1 fully saturated rings. The van der Waals surface area contributed by atoms with Gasteiger partial charge in [0.25, 0.3) is 0 Å². The molecule has 1 atom stereocenters. The predicted molar refractivity (Wildman–Crippen MR) is 76.9 cm³/mol. The van der Waals surface area contributed by atoms with Gasteiger partial charge in [-0.25, -0.2) is 4.79 Å². The first kappa shape index (κ1) is 13.3. The van der Waals surface area contributed by atoms with Gasteiger partial charge in [-0.1, -0.05) is 30.3 Å². The van der Waals surface area contributed by atoms with Crippen LogP contribution < -0.4 is 5.32 Å². The lowest BCUT2D eigenvalue weighted by Gasteiger charge is -2.20. The van der Waals surface area contributed by atoms with Gasteiger partial charge < -0.3 is 10.2 Å². The van der Waals surface area contributed by atoms with Crippen LogP contribution in [0.1, 0.15) is 24.2 Å². The molecule has 0 aromatic heterocycles. The maximum Gasteiger partial charge on any atom is 0.317 e. The van der Waals surface area contributed by atoms with Crippen LogP contribution in [0.3, 0.4) is 0 Å². The van der Waals surface area contributed by atoms with Crippen molar-refractivity contribution < 1.29 is 4.79 Å². The zero-order valence-electron chi connectivity index (χ0n) is 10.8. The van der Waals surface area contributed by atoms with Crippen molar-refractivity contribution in [3.63, 3.8) is 0 Å². The first-order valence-corrected chi connectivity index (χ1v) is 7.55. The van der Waals surface area contributed by atoms with Gasteiger partial charge in [0.15, 0.2) is 0 Å². The fourth-order valence-corrected chi connectivity index (χ4v) is 3.40. The second kappa shape index (κ2) is 6.69. The van der Waals surface area contributed by atoms with Crippen molar-refractivity contribution in [2.75, 3.05) is 25.4 Å². The summed E-state index contributed by atoms with van der Waals surface area (Å²) in [5, 5.41) is 3.39. The molecule has 0 radical (unpaired) electrons. The Morgan fingerprint density at radius 2 is 2.17 bits per heavy atom. The summed E-state index contributed by atoms with van der Waals surface area (Å²) in [6.45, 7) is 4.35. The molecule has 1 aromatic carbocycles. The molecule has 1 heterocycles. The van der Waals surface area contributed by atoms with Crippen LogP contribution in [0.25, 0.3) is 0 Å². The Balaban J connectivity index is 1.94. The third-order valence-corrected chi connectivity index (χ3v) is 4.46. The molecular formula is C14H20N2OS. The molecule has 1 aliphatic rings. The molecule has 1 aromatic rings. The third kappa shape index (κ3) is 3.42. The highest BCUT2D eigenvalue weighted by molar-refractivity contribution is 7.99. The average Bonchev–Trinajstić information content (AvgIpc) is 2.66. The Kier molecular flexibility index (Phi) is 4.93. The molecule has 0 spiro atoms. The van der Waals surface area contributed by atoms with Gasteiger partial charge in [-0.2, -0.15) is 11.8 Å². The van der Waals surface area contributed by atoms with Crippen molar-refractivity contribution in [1.29, 1.82) is 0 Å². The van der Waals surface area contributed by atoms with E-state index in [1.165, 1.54) is 5.56 Å². The standard InChI is InChI=1S/C14H20N2OS/c1-2-15-14(17)16-9-8-13(18-11-10-16)12-6-4-3-5-7-12/h3-7,13H,2,8-11H2,1H3,(H,15,17). The Hall–Kier alpha value is -1.16. The van der Waals surface area contributed by atoms with Gasteiger partial charge in [0.1, 0.15) is 0 Å². The number of amides is 2. The minimum absolute atomic E-state index is 0.0758. The van der Waals surface area contributed by atoms with E-state index < -0.39 is 0 Å². The summed E-state index contributed by atoms with van der Waals surface area (Å²) in [4.78, 5) is 13.7. The summed E-state index contributed by atoms with van der Waals surface area (Å²) < 4.78 is 0. The van der Waals surface area contributed by atoms with Crippen molar-refractivity contribution in [1.82, 2.24) is 10.2 Å². The van der Waals surface area contributed by atoms with Crippen molar-refractivity contribution in [2.24, 2.45) is 0 Å². The maximum absolute atomic E-state index is 11.8. The summed E-state index contributed by atoms with van der Waals surface area (Å²) >= 11 is 1.95. The van der Waals surface area contributed by atoms with Crippen molar-refractivity contribution in [2.45, 2.75) is 18.6 Å². The number of nitrogens with one attached hydrogen (secondary N) is 1. The molecule has 3 nitrogen and oxygen atoms in total. The van der Waals surface area contributed by atoms with Crippen molar-refractivity contribution in [3.8, 4) is 0 Å². The molecule has 18 heavy (non-hydrogen) atoms. The highest BCUT2D eigenvalue weighted by atomic mass is 32.2. The van der Waals surface area contributed by atoms with Crippen molar-refractivity contribution >= 4 is 17.8 Å². The van der Waals surface area contributed by atoms with E-state index in [-0.39, 0.29) is 6.03 Å². The molecular weight excluding hydrogens is 244 g/mol. The molecule has 2 amide bonds. The van der Waals surface area contributed by atoms with Gasteiger partial charge in [0, 0.05) is 30.6 Å². The molecule has 1 saturated heterocycles. The Morgan fingerprint density at radius 1 is 1.39 bits per heavy atom. The lowest BCUT2D eigenvalue weighted by atomic mass is 10.1. The zero-order chi connectivity index (χ0) is 12.8. The molecule has 0 bridgehead atoms. The Bertz CT molecular complexity index is 383. The lowest BCUT2D eigenvalue weighted by molar-refractivity contribution is 0.202. The topological polar surface area (TPSA) is 32.3 Å². The summed E-state index contributed by atoms with van der Waals surface area (Å²) in [6.07, 6.45) is 1.03. The predicted octanol–water partition coefficient (Wildman–Crippen LogP) is 2.90. The number of nitrogens with zero attached hydrogens (tertiary/aromatic N) is 1. The van der Waals surface area contributed by atoms with Gasteiger partial charge in [0.05, 0.1) is 0 Å². The zero-order valence-corrected chi connectivity index (χ0v) is 11.6. The molecule has 1 unspecified atom stereocenters. The fraction of sp³-hybridized carbons (Fsp3) is 0.500. The number of thioether (sulfide) groups is 1. The van der Waals surface area contributed by atoms with Gasteiger partial charge >= 0.3 is 6.03 Å². The first-order chi connectivity index (χ1) is 8.81. The Morgan fingerprint density at radius 3 is 2.89 bits per heavy atom. The van der Waals surface area contributed by atoms with E-state index in [1.54, 1.807) is 0 Å². The minimum atomic E-state index is 0.0758. The molecule has 1 aliphatic heterocycles. The summed E-state index contributed by atoms with van der Waals surface area (Å²) in [6, 6.07) is 10.7. The summed E-state index contributed by atoms with van der Waals surface area (Å²) in [7, 11) is 0. The van der Waals surface area contributed by atoms with E-state index in [1.807, 2.05) is 29.7 Å². The van der Waals surface area contributed by atoms with Crippen LogP contribution >= 0.6 is 11.8 Å². The molecule has 4 heteroatoms. The highest BCUT2D eigenvalue weighted by Crippen LogP contribution is 2.33. The Labute approximate surface area is 113 Å². The minimum Gasteiger partial charge on any atom is -0.338 e. The van der Waals surface area contributed by atoms with Gasteiger partial charge in [-0.05, 0) is 18.9 Å². The first-order valence-electron chi connectivity index (χ1n) is 6.50. The molecule has 0 aliphatic carbocycles. The quantitative estimate of drug-likeness (QED) is 0.891. The van der Waals surface area contributed by atoms with E-state index in [0.717, 1.165) is 25.3 Å². The third-order valence-electron chi connectivity index (χ3n) is 3.13. The van der Waals surface area contributed by atoms with Crippen LogP contribution in [0.15, 0.2) is 30.3 Å². The lowest BCUT2D eigenvalue weighted by Crippen LogP contribution is -2.41. The molecule has 0 saturated carbocycles. The smallest absolute Gasteiger partial charge is 0.317 e. The number of benzene rings is 1. The number of hydrogen-bond donors (Lipinski definition) is 1. The van der Waals surface area contributed by atoms with Gasteiger partial charge in [-0.15, -0.1) is 0 Å². The van der Waals surface area contributed by atoms with E-state index >= 15 is 0 Å². The van der Waals surface area contributed by atoms with Crippen LogP contribution in [0.2, 0.25) is 0 Å². The van der Waals surface area contributed by atoms with Crippen LogP contribution in [0, 0.1) is 0 Å². The largest absolute Gasteiger partial charge is 0.338 e. The van der Waals surface area contributed by atoms with Crippen LogP contribution in [-0.4, -0.2) is 36.3 Å². The van der Waals surface area contributed by atoms with Crippen LogP contribution in [-0.2, 0) is 0 Å². The number of hydrogen-bond acceptors (Lipinski definition) is 2. The highest BCUT2D eigenvalue weighted by Gasteiger charge is 2.21. The van der Waals surface area contributed by atoms with E-state index in [0.29, 0.717) is 11.8 Å². The van der Waals surface area contributed by atoms with Crippen LogP contribution in [0.4, 0.5) is 4.79 Å². The number of carbonyl (C=O) groups is 1. The van der Waals surface area contributed by atoms with E-state index in [2.05, 4.69) is 29.6 Å². The normalized spacial score (nSPS) is 20.3. The summed E-state index contributed by atoms with van der Waals surface area (Å²) in [5.41, 5.74) is 1.38. The monoisotopic (exact) mass is 264 g/mol. The molecule has 2 rings (SSSR count). The van der Waals surface area contributed by atoms with Crippen LogP contribution in [0.5, 0.6) is 0 Å². The molecule has 98 valence electrons.